The molecule has 3 nitrogen and oxygen atoms in total. The smallest absolute Gasteiger partial charge is 0.0105 e. The van der Waals surface area contributed by atoms with Crippen molar-refractivity contribution < 1.29 is 0 Å². The molecule has 0 saturated heterocycles. The Balaban J connectivity index is 3.23. The number of hydrogen-bond acceptors (Lipinski definition) is 3. The van der Waals surface area contributed by atoms with Crippen molar-refractivity contribution in [3.8, 4) is 0 Å². The number of rotatable bonds is 20. The lowest BCUT2D eigenvalue weighted by atomic mass is 10.1. The second-order valence-electron chi connectivity index (χ2n) is 7.36. The highest BCUT2D eigenvalue weighted by atomic mass is 15.1. The van der Waals surface area contributed by atoms with E-state index in [1.807, 2.05) is 0 Å². The Kier molecular flexibility index (Phi) is 21.3. The molecule has 150 valence electrons. The van der Waals surface area contributed by atoms with Crippen molar-refractivity contribution in [3.63, 3.8) is 0 Å². The predicted molar refractivity (Wildman–Crippen MR) is 114 cm³/mol. The van der Waals surface area contributed by atoms with E-state index in [9.17, 15) is 0 Å². The summed E-state index contributed by atoms with van der Waals surface area (Å²) in [6, 6.07) is 0. The second kappa shape index (κ2) is 21.7. The zero-order valence-corrected chi connectivity index (χ0v) is 17.2. The molecule has 4 N–H and O–H groups in total. The highest BCUT2D eigenvalue weighted by Crippen LogP contribution is 2.10. The molecule has 25 heavy (non-hydrogen) atoms. The first-order valence-corrected chi connectivity index (χ1v) is 11.1. The number of allylic oxidation sites excluding steroid dienone is 2. The van der Waals surface area contributed by atoms with Crippen LogP contribution in [0.25, 0.3) is 0 Å². The zero-order valence-electron chi connectivity index (χ0n) is 17.2. The van der Waals surface area contributed by atoms with Gasteiger partial charge in [-0.25, -0.2) is 0 Å². The molecule has 0 atom stereocenters. The Morgan fingerprint density at radius 3 is 1.48 bits per heavy atom. The summed E-state index contributed by atoms with van der Waals surface area (Å²) in [5, 5.41) is 0. The summed E-state index contributed by atoms with van der Waals surface area (Å²) in [4.78, 5) is 2.40. The third-order valence-corrected chi connectivity index (χ3v) is 4.88. The number of nitrogens with two attached hydrogens (primary N) is 2. The lowest BCUT2D eigenvalue weighted by molar-refractivity contribution is 0.281. The maximum absolute atomic E-state index is 5.63. The van der Waals surface area contributed by atoms with Gasteiger partial charge in [-0.2, -0.15) is 0 Å². The Morgan fingerprint density at radius 1 is 0.560 bits per heavy atom. The van der Waals surface area contributed by atoms with E-state index in [0.717, 1.165) is 32.7 Å². The van der Waals surface area contributed by atoms with E-state index < -0.39 is 0 Å². The molecule has 0 amide bonds. The fraction of sp³-hybridized carbons (Fsp3) is 0.909. The van der Waals surface area contributed by atoms with Crippen LogP contribution in [0.3, 0.4) is 0 Å². The van der Waals surface area contributed by atoms with E-state index in [0.29, 0.717) is 0 Å². The quantitative estimate of drug-likeness (QED) is 0.232. The summed E-state index contributed by atoms with van der Waals surface area (Å²) < 4.78 is 0. The third kappa shape index (κ3) is 19.8. The molecule has 0 saturated carbocycles. The standard InChI is InChI=1S/C22H47N3/c1-2-3-4-5-6-7-8-9-10-11-12-13-14-15-16-17-20-25(21-18-23)22-19-24/h9-10H,2-8,11-24H2,1H3/b10-9-. The van der Waals surface area contributed by atoms with Crippen molar-refractivity contribution in [2.45, 2.75) is 96.8 Å². The van der Waals surface area contributed by atoms with Gasteiger partial charge in [-0.05, 0) is 38.6 Å². The van der Waals surface area contributed by atoms with Gasteiger partial charge in [-0.3, -0.25) is 0 Å². The van der Waals surface area contributed by atoms with Crippen LogP contribution in [0.5, 0.6) is 0 Å². The minimum absolute atomic E-state index is 0.742. The molecule has 0 aliphatic carbocycles. The van der Waals surface area contributed by atoms with Gasteiger partial charge in [-0.1, -0.05) is 76.9 Å². The summed E-state index contributed by atoms with van der Waals surface area (Å²) >= 11 is 0. The molecule has 0 bridgehead atoms. The average Bonchev–Trinajstić information content (AvgIpc) is 2.61. The molecule has 0 rings (SSSR count). The van der Waals surface area contributed by atoms with Crippen molar-refractivity contribution in [1.82, 2.24) is 4.90 Å². The Labute approximate surface area is 158 Å². The van der Waals surface area contributed by atoms with E-state index in [-0.39, 0.29) is 0 Å². The number of nitrogens with zero attached hydrogens (tertiary/aromatic N) is 1. The van der Waals surface area contributed by atoms with Crippen LogP contribution in [0.15, 0.2) is 12.2 Å². The van der Waals surface area contributed by atoms with Crippen molar-refractivity contribution in [2.75, 3.05) is 32.7 Å². The highest BCUT2D eigenvalue weighted by molar-refractivity contribution is 4.81. The molecule has 0 aliphatic heterocycles. The first-order chi connectivity index (χ1) is 12.3. The predicted octanol–water partition coefficient (Wildman–Crippen LogP) is 5.24. The Hall–Kier alpha value is -0.380. The molecular weight excluding hydrogens is 306 g/mol. The summed E-state index contributed by atoms with van der Waals surface area (Å²) in [6.45, 7) is 6.90. The third-order valence-electron chi connectivity index (χ3n) is 4.88. The maximum atomic E-state index is 5.63. The van der Waals surface area contributed by atoms with Gasteiger partial charge in [-0.15, -0.1) is 0 Å². The summed E-state index contributed by atoms with van der Waals surface area (Å²) in [5.41, 5.74) is 11.3. The van der Waals surface area contributed by atoms with Gasteiger partial charge in [0.15, 0.2) is 0 Å². The molecule has 0 heterocycles. The molecule has 0 radical (unpaired) electrons. The van der Waals surface area contributed by atoms with Gasteiger partial charge in [0.25, 0.3) is 0 Å². The van der Waals surface area contributed by atoms with Gasteiger partial charge in [0.05, 0.1) is 0 Å². The maximum Gasteiger partial charge on any atom is 0.0105 e. The topological polar surface area (TPSA) is 55.3 Å². The van der Waals surface area contributed by atoms with Crippen LogP contribution in [0.2, 0.25) is 0 Å². The second-order valence-corrected chi connectivity index (χ2v) is 7.36. The van der Waals surface area contributed by atoms with Crippen molar-refractivity contribution >= 4 is 0 Å². The average molecular weight is 354 g/mol. The molecule has 0 spiro atoms. The van der Waals surface area contributed by atoms with Crippen LogP contribution in [0, 0.1) is 0 Å². The lowest BCUT2D eigenvalue weighted by Crippen LogP contribution is -2.34. The van der Waals surface area contributed by atoms with E-state index in [2.05, 4.69) is 24.0 Å². The molecule has 0 aliphatic rings. The largest absolute Gasteiger partial charge is 0.329 e. The fourth-order valence-corrected chi connectivity index (χ4v) is 3.28. The minimum Gasteiger partial charge on any atom is -0.329 e. The van der Waals surface area contributed by atoms with E-state index in [1.165, 1.54) is 89.9 Å². The summed E-state index contributed by atoms with van der Waals surface area (Å²) in [5.74, 6) is 0. The van der Waals surface area contributed by atoms with Crippen LogP contribution in [-0.2, 0) is 0 Å². The van der Waals surface area contributed by atoms with Gasteiger partial charge in [0, 0.05) is 26.2 Å². The van der Waals surface area contributed by atoms with Gasteiger partial charge >= 0.3 is 0 Å². The van der Waals surface area contributed by atoms with Gasteiger partial charge in [0.1, 0.15) is 0 Å². The number of unbranched alkanes of at least 4 members (excludes halogenated alkanes) is 12. The monoisotopic (exact) mass is 353 g/mol. The molecule has 0 unspecified atom stereocenters. The first kappa shape index (κ1) is 24.6. The Bertz CT molecular complexity index is 260. The first-order valence-electron chi connectivity index (χ1n) is 11.1. The molecule has 0 fully saturated rings. The van der Waals surface area contributed by atoms with Crippen LogP contribution in [-0.4, -0.2) is 37.6 Å². The highest BCUT2D eigenvalue weighted by Gasteiger charge is 2.01. The SMILES string of the molecule is CCCCCCCC/C=C\CCCCCCCCN(CCN)CCN. The normalized spacial score (nSPS) is 11.8. The zero-order chi connectivity index (χ0) is 18.4. The number of hydrogen-bond donors (Lipinski definition) is 2. The van der Waals surface area contributed by atoms with E-state index in [1.54, 1.807) is 0 Å². The van der Waals surface area contributed by atoms with Crippen LogP contribution >= 0.6 is 0 Å². The lowest BCUT2D eigenvalue weighted by Gasteiger charge is -2.20. The van der Waals surface area contributed by atoms with Crippen LogP contribution in [0.1, 0.15) is 96.8 Å². The minimum atomic E-state index is 0.742. The van der Waals surface area contributed by atoms with Crippen molar-refractivity contribution in [2.24, 2.45) is 11.5 Å². The van der Waals surface area contributed by atoms with Crippen LogP contribution < -0.4 is 11.5 Å². The molecule has 3 heteroatoms. The molecule has 0 aromatic rings. The van der Waals surface area contributed by atoms with Gasteiger partial charge in [0.2, 0.25) is 0 Å². The van der Waals surface area contributed by atoms with Gasteiger partial charge < -0.3 is 16.4 Å². The fourth-order valence-electron chi connectivity index (χ4n) is 3.28. The Morgan fingerprint density at radius 2 is 1.00 bits per heavy atom. The summed E-state index contributed by atoms with van der Waals surface area (Å²) in [7, 11) is 0. The molecule has 0 aromatic carbocycles. The summed E-state index contributed by atoms with van der Waals surface area (Å²) in [6.07, 6.45) is 23.9. The van der Waals surface area contributed by atoms with Crippen LogP contribution in [0.4, 0.5) is 0 Å². The van der Waals surface area contributed by atoms with Crippen molar-refractivity contribution in [3.05, 3.63) is 12.2 Å². The molecule has 0 aromatic heterocycles. The molecular formula is C22H47N3. The van der Waals surface area contributed by atoms with E-state index >= 15 is 0 Å². The van der Waals surface area contributed by atoms with E-state index in [4.69, 9.17) is 11.5 Å². The van der Waals surface area contributed by atoms with Crippen molar-refractivity contribution in [1.29, 1.82) is 0 Å².